The SMILES string of the molecule is C=CO/C=C(\C)CC(C=C)CCN1N=C(c2cccs2)C=CC/C1=N/N. The molecule has 2 rings (SSSR count). The number of thiophene rings is 1. The largest absolute Gasteiger partial charge is 0.473 e. The monoisotopic (exact) mass is 370 g/mol. The molecule has 1 atom stereocenters. The molecule has 1 aromatic heterocycles. The molecule has 6 heteroatoms. The van der Waals surface area contributed by atoms with Crippen LogP contribution in [0.1, 0.15) is 31.1 Å². The number of hydrogen-bond donors (Lipinski definition) is 1. The summed E-state index contributed by atoms with van der Waals surface area (Å²) in [6.45, 7) is 10.3. The van der Waals surface area contributed by atoms with E-state index in [9.17, 15) is 0 Å². The Kier molecular flexibility index (Phi) is 7.89. The first kappa shape index (κ1) is 19.7. The first-order valence-electron chi connectivity index (χ1n) is 8.55. The summed E-state index contributed by atoms with van der Waals surface area (Å²) in [7, 11) is 0. The van der Waals surface area contributed by atoms with E-state index in [0.29, 0.717) is 12.3 Å². The predicted molar refractivity (Wildman–Crippen MR) is 111 cm³/mol. The molecular weight excluding hydrogens is 344 g/mol. The summed E-state index contributed by atoms with van der Waals surface area (Å²) in [5.41, 5.74) is 2.08. The van der Waals surface area contributed by atoms with Gasteiger partial charge in [-0.15, -0.1) is 17.9 Å². The van der Waals surface area contributed by atoms with Gasteiger partial charge in [0.1, 0.15) is 11.5 Å². The molecule has 138 valence electrons. The van der Waals surface area contributed by atoms with Crippen LogP contribution in [0.4, 0.5) is 0 Å². The van der Waals surface area contributed by atoms with Crippen molar-refractivity contribution in [1.82, 2.24) is 5.01 Å². The normalized spacial score (nSPS) is 17.6. The minimum atomic E-state index is 0.315. The molecule has 1 aliphatic heterocycles. The van der Waals surface area contributed by atoms with E-state index in [1.807, 2.05) is 35.5 Å². The van der Waals surface area contributed by atoms with Crippen molar-refractivity contribution in [2.75, 3.05) is 6.54 Å². The summed E-state index contributed by atoms with van der Waals surface area (Å²) in [5.74, 6) is 6.67. The van der Waals surface area contributed by atoms with E-state index in [4.69, 9.17) is 15.7 Å². The maximum absolute atomic E-state index is 5.59. The van der Waals surface area contributed by atoms with E-state index in [2.05, 4.69) is 30.4 Å². The van der Waals surface area contributed by atoms with E-state index >= 15 is 0 Å². The van der Waals surface area contributed by atoms with Gasteiger partial charge >= 0.3 is 0 Å². The maximum atomic E-state index is 5.59. The fourth-order valence-electron chi connectivity index (χ4n) is 2.67. The standard InChI is InChI=1S/C20H26N4OS/c1-4-17(14-16(3)15-25-5-2)11-12-24-20(22-21)10-6-8-18(23-24)19-9-7-13-26-19/h4-9,13,15,17H,1-2,10-12,14,21H2,3H3/b16-15+,22-20-. The average Bonchev–Trinajstić information content (AvgIpc) is 3.11. The molecule has 5 nitrogen and oxygen atoms in total. The highest BCUT2D eigenvalue weighted by Gasteiger charge is 2.17. The topological polar surface area (TPSA) is 63.2 Å². The number of hydrogen-bond acceptors (Lipinski definition) is 5. The second-order valence-corrected chi connectivity index (χ2v) is 6.94. The molecule has 0 fully saturated rings. The Hall–Kier alpha value is -2.60. The lowest BCUT2D eigenvalue weighted by Gasteiger charge is -2.22. The van der Waals surface area contributed by atoms with Crippen molar-refractivity contribution < 1.29 is 4.74 Å². The molecule has 2 heterocycles. The molecule has 0 bridgehead atoms. The number of ether oxygens (including phenoxy) is 1. The van der Waals surface area contributed by atoms with Gasteiger partial charge in [-0.05, 0) is 48.8 Å². The van der Waals surface area contributed by atoms with Crippen molar-refractivity contribution in [3.05, 3.63) is 71.9 Å². The fraction of sp³-hybridized carbons (Fsp3) is 0.300. The van der Waals surface area contributed by atoms with Crippen LogP contribution in [0.25, 0.3) is 0 Å². The van der Waals surface area contributed by atoms with E-state index in [1.54, 1.807) is 17.6 Å². The third kappa shape index (κ3) is 5.74. The molecule has 1 aliphatic rings. The van der Waals surface area contributed by atoms with Gasteiger partial charge in [0.25, 0.3) is 0 Å². The summed E-state index contributed by atoms with van der Waals surface area (Å²) in [6.07, 6.45) is 11.6. The first-order valence-corrected chi connectivity index (χ1v) is 9.43. The van der Waals surface area contributed by atoms with Crippen LogP contribution in [0, 0.1) is 5.92 Å². The Morgan fingerprint density at radius 3 is 3.04 bits per heavy atom. The minimum Gasteiger partial charge on any atom is -0.473 e. The lowest BCUT2D eigenvalue weighted by atomic mass is 9.97. The quantitative estimate of drug-likeness (QED) is 0.298. The van der Waals surface area contributed by atoms with Crippen molar-refractivity contribution in [3.63, 3.8) is 0 Å². The molecule has 0 aliphatic carbocycles. The number of allylic oxidation sites excluding steroid dienone is 3. The van der Waals surface area contributed by atoms with E-state index in [-0.39, 0.29) is 0 Å². The molecule has 0 saturated heterocycles. The van der Waals surface area contributed by atoms with Crippen molar-refractivity contribution in [2.24, 2.45) is 22.0 Å². The van der Waals surface area contributed by atoms with Crippen molar-refractivity contribution in [3.8, 4) is 0 Å². The maximum Gasteiger partial charge on any atom is 0.148 e. The molecule has 0 aromatic carbocycles. The van der Waals surface area contributed by atoms with Crippen LogP contribution in [-0.4, -0.2) is 23.1 Å². The number of nitrogens with zero attached hydrogens (tertiary/aromatic N) is 3. The highest BCUT2D eigenvalue weighted by Crippen LogP contribution is 2.20. The number of hydrazone groups is 2. The summed E-state index contributed by atoms with van der Waals surface area (Å²) < 4.78 is 5.13. The van der Waals surface area contributed by atoms with E-state index in [1.165, 1.54) is 6.26 Å². The van der Waals surface area contributed by atoms with Crippen LogP contribution in [0.2, 0.25) is 0 Å². The molecule has 0 radical (unpaired) electrons. The molecule has 2 N–H and O–H groups in total. The highest BCUT2D eigenvalue weighted by atomic mass is 32.1. The zero-order chi connectivity index (χ0) is 18.8. The second-order valence-electron chi connectivity index (χ2n) is 5.99. The number of nitrogens with two attached hydrogens (primary N) is 1. The van der Waals surface area contributed by atoms with Gasteiger partial charge in [0.2, 0.25) is 0 Å². The molecule has 0 spiro atoms. The summed E-state index contributed by atoms with van der Waals surface area (Å²) in [4.78, 5) is 1.13. The summed E-state index contributed by atoms with van der Waals surface area (Å²) >= 11 is 1.67. The van der Waals surface area contributed by atoms with Crippen molar-refractivity contribution >= 4 is 22.9 Å². The zero-order valence-corrected chi connectivity index (χ0v) is 16.0. The van der Waals surface area contributed by atoms with E-state index in [0.717, 1.165) is 41.4 Å². The highest BCUT2D eigenvalue weighted by molar-refractivity contribution is 7.12. The van der Waals surface area contributed by atoms with Crippen LogP contribution >= 0.6 is 11.3 Å². The van der Waals surface area contributed by atoms with Gasteiger partial charge in [0, 0.05) is 13.0 Å². The molecule has 26 heavy (non-hydrogen) atoms. The van der Waals surface area contributed by atoms with Gasteiger partial charge in [0.05, 0.1) is 17.4 Å². The van der Waals surface area contributed by atoms with Crippen LogP contribution in [0.3, 0.4) is 0 Å². The minimum absolute atomic E-state index is 0.315. The lowest BCUT2D eigenvalue weighted by molar-refractivity contribution is 0.382. The third-order valence-electron chi connectivity index (χ3n) is 4.02. The molecular formula is C20H26N4OS. The molecule has 0 amide bonds. The summed E-state index contributed by atoms with van der Waals surface area (Å²) in [5, 5.41) is 12.7. The van der Waals surface area contributed by atoms with Crippen molar-refractivity contribution in [1.29, 1.82) is 0 Å². The Morgan fingerprint density at radius 1 is 1.54 bits per heavy atom. The molecule has 0 saturated carbocycles. The Morgan fingerprint density at radius 2 is 2.38 bits per heavy atom. The molecule has 1 aromatic rings. The van der Waals surface area contributed by atoms with Gasteiger partial charge in [-0.1, -0.05) is 24.8 Å². The fourth-order valence-corrected chi connectivity index (χ4v) is 3.36. The molecule has 1 unspecified atom stereocenters. The Labute approximate surface area is 159 Å². The first-order chi connectivity index (χ1) is 12.7. The van der Waals surface area contributed by atoms with Gasteiger partial charge < -0.3 is 10.6 Å². The van der Waals surface area contributed by atoms with Gasteiger partial charge in [-0.2, -0.15) is 10.2 Å². The van der Waals surface area contributed by atoms with Gasteiger partial charge in [0.15, 0.2) is 0 Å². The second kappa shape index (κ2) is 10.4. The zero-order valence-electron chi connectivity index (χ0n) is 15.2. The Balaban J connectivity index is 2.07. The van der Waals surface area contributed by atoms with Crippen LogP contribution in [-0.2, 0) is 4.74 Å². The number of rotatable bonds is 9. The predicted octanol–water partition coefficient (Wildman–Crippen LogP) is 4.63. The lowest BCUT2D eigenvalue weighted by Crippen LogP contribution is -2.29. The number of amidine groups is 1. The van der Waals surface area contributed by atoms with Crippen LogP contribution in [0.15, 0.2) is 77.2 Å². The van der Waals surface area contributed by atoms with Crippen LogP contribution in [0.5, 0.6) is 0 Å². The van der Waals surface area contributed by atoms with Gasteiger partial charge in [-0.25, -0.2) is 5.01 Å². The van der Waals surface area contributed by atoms with E-state index < -0.39 is 0 Å². The average molecular weight is 371 g/mol. The smallest absolute Gasteiger partial charge is 0.148 e. The summed E-state index contributed by atoms with van der Waals surface area (Å²) in [6, 6.07) is 4.09. The van der Waals surface area contributed by atoms with Gasteiger partial charge in [-0.3, -0.25) is 0 Å². The Bertz CT molecular complexity index is 716. The third-order valence-corrected chi connectivity index (χ3v) is 4.91. The van der Waals surface area contributed by atoms with Crippen LogP contribution < -0.4 is 5.84 Å². The van der Waals surface area contributed by atoms with Crippen molar-refractivity contribution in [2.45, 2.75) is 26.2 Å².